The molecule has 0 radical (unpaired) electrons. The Morgan fingerprint density at radius 3 is 2.29 bits per heavy atom. The van der Waals surface area contributed by atoms with Crippen LogP contribution in [0, 0.1) is 0 Å². The molecule has 0 atom stereocenters. The largest absolute Gasteiger partial charge is 0.340 e. The maximum absolute atomic E-state index is 12.2. The van der Waals surface area contributed by atoms with E-state index >= 15 is 0 Å². The smallest absolute Gasteiger partial charge is 0.224 e. The zero-order valence-corrected chi connectivity index (χ0v) is 11.0. The first-order valence-corrected chi connectivity index (χ1v) is 6.84. The topological polar surface area (TPSA) is 49.6 Å². The normalized spacial score (nSPS) is 25.9. The fraction of sp³-hybridized carbons (Fsp3) is 0.923. The Morgan fingerprint density at radius 1 is 1.12 bits per heavy atom. The zero-order valence-electron chi connectivity index (χ0n) is 11.0. The van der Waals surface area contributed by atoms with Crippen molar-refractivity contribution in [2.45, 2.75) is 44.1 Å². The Morgan fingerprint density at radius 2 is 1.71 bits per heavy atom. The Labute approximate surface area is 104 Å². The van der Waals surface area contributed by atoms with Gasteiger partial charge in [0, 0.05) is 38.1 Å². The molecule has 1 aliphatic heterocycles. The van der Waals surface area contributed by atoms with Crippen molar-refractivity contribution < 1.29 is 4.79 Å². The number of rotatable bonds is 2. The van der Waals surface area contributed by atoms with Gasteiger partial charge in [-0.2, -0.15) is 0 Å². The number of likely N-dealkylation sites (N-methyl/N-ethyl adjacent to an activating group) is 1. The summed E-state index contributed by atoms with van der Waals surface area (Å²) in [7, 11) is 2.10. The van der Waals surface area contributed by atoms with Gasteiger partial charge in [0.25, 0.3) is 0 Å². The van der Waals surface area contributed by atoms with Crippen LogP contribution in [-0.4, -0.2) is 54.5 Å². The minimum atomic E-state index is -0.210. The van der Waals surface area contributed by atoms with Crippen molar-refractivity contribution in [3.05, 3.63) is 0 Å². The second kappa shape index (κ2) is 5.36. The molecule has 1 saturated carbocycles. The van der Waals surface area contributed by atoms with Gasteiger partial charge in [0.05, 0.1) is 0 Å². The highest BCUT2D eigenvalue weighted by Crippen LogP contribution is 2.29. The maximum atomic E-state index is 12.2. The third-order valence-electron chi connectivity index (χ3n) is 4.21. The molecule has 1 aliphatic carbocycles. The van der Waals surface area contributed by atoms with Crippen LogP contribution in [0.25, 0.3) is 0 Å². The summed E-state index contributed by atoms with van der Waals surface area (Å²) in [5.74, 6) is 0.266. The van der Waals surface area contributed by atoms with E-state index in [4.69, 9.17) is 5.73 Å². The number of amides is 1. The van der Waals surface area contributed by atoms with Crippen LogP contribution in [0.2, 0.25) is 0 Å². The van der Waals surface area contributed by atoms with Crippen molar-refractivity contribution in [2.24, 2.45) is 5.73 Å². The summed E-state index contributed by atoms with van der Waals surface area (Å²) in [6, 6.07) is 0. The van der Waals surface area contributed by atoms with E-state index in [0.717, 1.165) is 39.0 Å². The van der Waals surface area contributed by atoms with Crippen molar-refractivity contribution in [3.63, 3.8) is 0 Å². The lowest BCUT2D eigenvalue weighted by Gasteiger charge is -2.37. The van der Waals surface area contributed by atoms with Gasteiger partial charge in [-0.1, -0.05) is 19.3 Å². The molecule has 2 rings (SSSR count). The van der Waals surface area contributed by atoms with Crippen LogP contribution in [0.3, 0.4) is 0 Å². The first-order chi connectivity index (χ1) is 8.09. The maximum Gasteiger partial charge on any atom is 0.224 e. The Bertz CT molecular complexity index is 266. The fourth-order valence-corrected chi connectivity index (χ4v) is 2.90. The van der Waals surface area contributed by atoms with E-state index in [2.05, 4.69) is 11.9 Å². The summed E-state index contributed by atoms with van der Waals surface area (Å²) in [4.78, 5) is 16.5. The summed E-state index contributed by atoms with van der Waals surface area (Å²) < 4.78 is 0. The standard InChI is InChI=1S/C13H25N3O/c1-15-7-9-16(10-8-15)12(17)11-13(14)5-3-2-4-6-13/h2-11,14H2,1H3. The summed E-state index contributed by atoms with van der Waals surface area (Å²) in [6.45, 7) is 3.71. The quantitative estimate of drug-likeness (QED) is 0.776. The first-order valence-electron chi connectivity index (χ1n) is 6.84. The van der Waals surface area contributed by atoms with Gasteiger partial charge in [-0.05, 0) is 19.9 Å². The molecule has 1 amide bonds. The van der Waals surface area contributed by atoms with E-state index in [-0.39, 0.29) is 11.4 Å². The fourth-order valence-electron chi connectivity index (χ4n) is 2.90. The molecular formula is C13H25N3O. The molecule has 4 nitrogen and oxygen atoms in total. The molecule has 2 fully saturated rings. The van der Waals surface area contributed by atoms with Crippen LogP contribution in [-0.2, 0) is 4.79 Å². The minimum Gasteiger partial charge on any atom is -0.340 e. The van der Waals surface area contributed by atoms with Gasteiger partial charge in [-0.15, -0.1) is 0 Å². The van der Waals surface area contributed by atoms with Crippen molar-refractivity contribution >= 4 is 5.91 Å². The van der Waals surface area contributed by atoms with E-state index in [0.29, 0.717) is 6.42 Å². The molecule has 98 valence electrons. The van der Waals surface area contributed by atoms with Gasteiger partial charge in [0.1, 0.15) is 0 Å². The highest BCUT2D eigenvalue weighted by Gasteiger charge is 2.32. The van der Waals surface area contributed by atoms with Gasteiger partial charge in [-0.25, -0.2) is 0 Å². The second-order valence-electron chi connectivity index (χ2n) is 5.78. The summed E-state index contributed by atoms with van der Waals surface area (Å²) >= 11 is 0. The van der Waals surface area contributed by atoms with Crippen LogP contribution in [0.5, 0.6) is 0 Å². The molecule has 2 N–H and O–H groups in total. The van der Waals surface area contributed by atoms with E-state index in [1.165, 1.54) is 19.3 Å². The average molecular weight is 239 g/mol. The highest BCUT2D eigenvalue weighted by molar-refractivity contribution is 5.77. The SMILES string of the molecule is CN1CCN(C(=O)CC2(N)CCCCC2)CC1. The molecule has 2 aliphatic rings. The summed E-state index contributed by atoms with van der Waals surface area (Å²) in [6.07, 6.45) is 6.25. The lowest BCUT2D eigenvalue weighted by Crippen LogP contribution is -2.51. The van der Waals surface area contributed by atoms with Crippen LogP contribution in [0.4, 0.5) is 0 Å². The van der Waals surface area contributed by atoms with E-state index in [9.17, 15) is 4.79 Å². The van der Waals surface area contributed by atoms with Gasteiger partial charge in [0.2, 0.25) is 5.91 Å². The molecule has 0 aromatic heterocycles. The number of piperazine rings is 1. The Balaban J connectivity index is 1.83. The lowest BCUT2D eigenvalue weighted by atomic mass is 9.80. The molecular weight excluding hydrogens is 214 g/mol. The molecule has 0 unspecified atom stereocenters. The van der Waals surface area contributed by atoms with Crippen molar-refractivity contribution in [1.82, 2.24) is 9.80 Å². The van der Waals surface area contributed by atoms with Crippen molar-refractivity contribution in [1.29, 1.82) is 0 Å². The van der Waals surface area contributed by atoms with Gasteiger partial charge in [0.15, 0.2) is 0 Å². The molecule has 0 aromatic rings. The predicted octanol–water partition coefficient (Wildman–Crippen LogP) is 0.812. The second-order valence-corrected chi connectivity index (χ2v) is 5.78. The molecule has 1 saturated heterocycles. The number of nitrogens with zero attached hydrogens (tertiary/aromatic N) is 2. The van der Waals surface area contributed by atoms with Crippen molar-refractivity contribution in [2.75, 3.05) is 33.2 Å². The number of nitrogens with two attached hydrogens (primary N) is 1. The van der Waals surface area contributed by atoms with Gasteiger partial charge < -0.3 is 15.5 Å². The van der Waals surface area contributed by atoms with Gasteiger partial charge >= 0.3 is 0 Å². The molecule has 4 heteroatoms. The summed E-state index contributed by atoms with van der Waals surface area (Å²) in [5, 5.41) is 0. The van der Waals surface area contributed by atoms with Crippen LogP contribution >= 0.6 is 0 Å². The number of hydrogen-bond donors (Lipinski definition) is 1. The summed E-state index contributed by atoms with van der Waals surface area (Å²) in [5.41, 5.74) is 6.13. The van der Waals surface area contributed by atoms with Gasteiger partial charge in [-0.3, -0.25) is 4.79 Å². The van der Waals surface area contributed by atoms with E-state index in [1.54, 1.807) is 0 Å². The molecule has 0 aromatic carbocycles. The third kappa shape index (κ3) is 3.42. The molecule has 0 spiro atoms. The minimum absolute atomic E-state index is 0.210. The Hall–Kier alpha value is -0.610. The van der Waals surface area contributed by atoms with Crippen LogP contribution in [0.1, 0.15) is 38.5 Å². The van der Waals surface area contributed by atoms with Crippen LogP contribution in [0.15, 0.2) is 0 Å². The number of hydrogen-bond acceptors (Lipinski definition) is 3. The molecule has 1 heterocycles. The van der Waals surface area contributed by atoms with E-state index < -0.39 is 0 Å². The van der Waals surface area contributed by atoms with Crippen molar-refractivity contribution in [3.8, 4) is 0 Å². The third-order valence-corrected chi connectivity index (χ3v) is 4.21. The van der Waals surface area contributed by atoms with E-state index in [1.807, 2.05) is 4.90 Å². The van der Waals surface area contributed by atoms with Crippen LogP contribution < -0.4 is 5.73 Å². The lowest BCUT2D eigenvalue weighted by molar-refractivity contribution is -0.134. The average Bonchev–Trinajstić information content (AvgIpc) is 2.30. The number of carbonyl (C=O) groups excluding carboxylic acids is 1. The first kappa shape index (κ1) is 12.8. The number of carbonyl (C=O) groups is 1. The molecule has 0 bridgehead atoms. The Kier molecular flexibility index (Phi) is 4.05. The zero-order chi connectivity index (χ0) is 12.3. The molecule has 17 heavy (non-hydrogen) atoms. The monoisotopic (exact) mass is 239 g/mol. The highest BCUT2D eigenvalue weighted by atomic mass is 16.2. The predicted molar refractivity (Wildman–Crippen MR) is 68.7 cm³/mol.